The van der Waals surface area contributed by atoms with Crippen molar-refractivity contribution >= 4 is 11.9 Å². The van der Waals surface area contributed by atoms with E-state index in [1.165, 1.54) is 5.57 Å². The molecule has 0 bridgehead atoms. The first-order valence-corrected chi connectivity index (χ1v) is 13.8. The van der Waals surface area contributed by atoms with Gasteiger partial charge in [0.05, 0.1) is 11.0 Å². The van der Waals surface area contributed by atoms with Crippen molar-refractivity contribution in [3.05, 3.63) is 11.6 Å². The van der Waals surface area contributed by atoms with Gasteiger partial charge in [0, 0.05) is 6.42 Å². The molecule has 1 unspecified atom stereocenters. The Morgan fingerprint density at radius 2 is 1.63 bits per heavy atom. The van der Waals surface area contributed by atoms with E-state index < -0.39 is 23.0 Å². The second-order valence-corrected chi connectivity index (χ2v) is 14.7. The minimum absolute atomic E-state index is 0.0290. The van der Waals surface area contributed by atoms with Crippen LogP contribution in [0.2, 0.25) is 0 Å². The van der Waals surface area contributed by atoms with Crippen LogP contribution >= 0.6 is 0 Å². The average Bonchev–Trinajstić information content (AvgIpc) is 2.71. The third kappa shape index (κ3) is 3.81. The van der Waals surface area contributed by atoms with Gasteiger partial charge < -0.3 is 15.3 Å². The molecule has 0 radical (unpaired) electrons. The summed E-state index contributed by atoms with van der Waals surface area (Å²) in [6.45, 7) is 15.4. The van der Waals surface area contributed by atoms with Gasteiger partial charge in [-0.3, -0.25) is 9.59 Å². The SMILES string of the molecule is CC1(C)CC[C@@]2(C(=O)O)CC[C@@]3(C)C(=CC[C@@H]4[C@]3(C)CCC(C(C)(C)O)[C@@]4(C)CCC(=O)O)[C@@H]2C1. The molecule has 0 saturated heterocycles. The highest BCUT2D eigenvalue weighted by Crippen LogP contribution is 2.74. The maximum Gasteiger partial charge on any atom is 0.310 e. The van der Waals surface area contributed by atoms with Gasteiger partial charge in [0.1, 0.15) is 0 Å². The van der Waals surface area contributed by atoms with Crippen molar-refractivity contribution in [3.63, 3.8) is 0 Å². The molecule has 4 aliphatic carbocycles. The second kappa shape index (κ2) is 8.07. The topological polar surface area (TPSA) is 94.8 Å². The zero-order valence-corrected chi connectivity index (χ0v) is 23.0. The Bertz CT molecular complexity index is 928. The maximum atomic E-state index is 12.8. The molecule has 198 valence electrons. The Balaban J connectivity index is 1.82. The number of allylic oxidation sites excluding steroid dienone is 2. The van der Waals surface area contributed by atoms with E-state index >= 15 is 0 Å². The molecule has 5 heteroatoms. The summed E-state index contributed by atoms with van der Waals surface area (Å²) in [7, 11) is 0. The van der Waals surface area contributed by atoms with Crippen molar-refractivity contribution in [1.29, 1.82) is 0 Å². The molecular formula is C30H48O5. The molecule has 0 aliphatic heterocycles. The average molecular weight is 489 g/mol. The van der Waals surface area contributed by atoms with E-state index in [2.05, 4.69) is 40.7 Å². The van der Waals surface area contributed by atoms with Gasteiger partial charge >= 0.3 is 11.9 Å². The van der Waals surface area contributed by atoms with Gasteiger partial charge in [-0.2, -0.15) is 0 Å². The summed E-state index contributed by atoms with van der Waals surface area (Å²) in [5.74, 6) is -1.05. The van der Waals surface area contributed by atoms with Crippen molar-refractivity contribution in [3.8, 4) is 0 Å². The van der Waals surface area contributed by atoms with Crippen LogP contribution in [0.1, 0.15) is 113 Å². The Hall–Kier alpha value is -1.36. The van der Waals surface area contributed by atoms with Crippen LogP contribution in [0.15, 0.2) is 11.6 Å². The molecule has 3 fully saturated rings. The molecule has 0 aromatic carbocycles. The first-order valence-electron chi connectivity index (χ1n) is 13.8. The lowest BCUT2D eigenvalue weighted by Crippen LogP contribution is -2.63. The monoisotopic (exact) mass is 488 g/mol. The molecule has 35 heavy (non-hydrogen) atoms. The highest BCUT2D eigenvalue weighted by atomic mass is 16.4. The number of aliphatic hydroxyl groups is 1. The van der Waals surface area contributed by atoms with E-state index in [-0.39, 0.29) is 45.8 Å². The van der Waals surface area contributed by atoms with Crippen LogP contribution in [0.5, 0.6) is 0 Å². The van der Waals surface area contributed by atoms with Gasteiger partial charge in [-0.05, 0) is 111 Å². The van der Waals surface area contributed by atoms with E-state index in [0.717, 1.165) is 51.4 Å². The van der Waals surface area contributed by atoms with Crippen LogP contribution < -0.4 is 0 Å². The number of carboxylic acid groups (broad SMARTS) is 2. The molecule has 4 aliphatic rings. The molecule has 0 aromatic heterocycles. The van der Waals surface area contributed by atoms with Crippen LogP contribution in [-0.4, -0.2) is 32.9 Å². The molecule has 7 atom stereocenters. The van der Waals surface area contributed by atoms with Crippen molar-refractivity contribution in [2.45, 2.75) is 118 Å². The highest BCUT2D eigenvalue weighted by Gasteiger charge is 2.68. The van der Waals surface area contributed by atoms with Crippen molar-refractivity contribution in [2.75, 3.05) is 0 Å². The molecule has 0 aromatic rings. The van der Waals surface area contributed by atoms with Crippen LogP contribution in [0.4, 0.5) is 0 Å². The maximum absolute atomic E-state index is 12.8. The van der Waals surface area contributed by atoms with E-state index in [1.807, 2.05) is 13.8 Å². The fraction of sp³-hybridized carbons (Fsp3) is 0.867. The number of hydrogen-bond acceptors (Lipinski definition) is 3. The fourth-order valence-corrected chi connectivity index (χ4v) is 9.88. The summed E-state index contributed by atoms with van der Waals surface area (Å²) in [6, 6.07) is 0. The van der Waals surface area contributed by atoms with Crippen LogP contribution in [-0.2, 0) is 9.59 Å². The number of carbonyl (C=O) groups is 2. The van der Waals surface area contributed by atoms with Gasteiger partial charge in [0.15, 0.2) is 0 Å². The minimum atomic E-state index is -0.877. The normalized spacial score (nSPS) is 44.9. The molecule has 3 saturated carbocycles. The number of fused-ring (bicyclic) bond motifs is 5. The summed E-state index contributed by atoms with van der Waals surface area (Å²) in [4.78, 5) is 24.4. The largest absolute Gasteiger partial charge is 0.481 e. The van der Waals surface area contributed by atoms with Crippen molar-refractivity contribution in [2.24, 2.45) is 44.8 Å². The first kappa shape index (κ1) is 26.7. The molecule has 4 rings (SSSR count). The Labute approximate surface area is 211 Å². The first-order chi connectivity index (χ1) is 15.9. The summed E-state index contributed by atoms with van der Waals surface area (Å²) in [5, 5.41) is 31.3. The Kier molecular flexibility index (Phi) is 6.15. The highest BCUT2D eigenvalue weighted by molar-refractivity contribution is 5.76. The standard InChI is InChI=1S/C30H48O5/c1-25(2)14-16-30(24(33)34)17-15-28(6)19(20(30)18-25)8-9-22-27(5,12-11-23(31)32)21(26(3,4)35)10-13-29(22,28)7/h8,20-22,35H,9-18H2,1-7H3,(H,31,32)(H,33,34)/t20-,21?,22-,27+,28-,29-,30+/m0/s1. The third-order valence-electron chi connectivity index (χ3n) is 12.1. The fourth-order valence-electron chi connectivity index (χ4n) is 9.88. The van der Waals surface area contributed by atoms with Crippen molar-refractivity contribution in [1.82, 2.24) is 0 Å². The van der Waals surface area contributed by atoms with Gasteiger partial charge in [-0.1, -0.05) is 46.3 Å². The molecule has 5 nitrogen and oxygen atoms in total. The number of hydrogen-bond donors (Lipinski definition) is 3. The summed E-state index contributed by atoms with van der Waals surface area (Å²) in [6.07, 6.45) is 9.99. The van der Waals surface area contributed by atoms with E-state index in [1.54, 1.807) is 0 Å². The molecular weight excluding hydrogens is 440 g/mol. The summed E-state index contributed by atoms with van der Waals surface area (Å²) >= 11 is 0. The second-order valence-electron chi connectivity index (χ2n) is 14.7. The van der Waals surface area contributed by atoms with Crippen LogP contribution in [0, 0.1) is 44.8 Å². The zero-order valence-electron chi connectivity index (χ0n) is 23.0. The predicted octanol–water partition coefficient (Wildman–Crippen LogP) is 6.69. The molecule has 0 spiro atoms. The lowest BCUT2D eigenvalue weighted by molar-refractivity contribution is -0.190. The van der Waals surface area contributed by atoms with Gasteiger partial charge in [-0.15, -0.1) is 0 Å². The lowest BCUT2D eigenvalue weighted by atomic mass is 9.35. The van der Waals surface area contributed by atoms with E-state index in [9.17, 15) is 24.9 Å². The number of aliphatic carboxylic acids is 2. The summed E-state index contributed by atoms with van der Waals surface area (Å²) in [5.41, 5.74) is -0.490. The van der Waals surface area contributed by atoms with Gasteiger partial charge in [0.25, 0.3) is 0 Å². The number of rotatable bonds is 5. The molecule has 0 amide bonds. The van der Waals surface area contributed by atoms with E-state index in [0.29, 0.717) is 6.42 Å². The predicted molar refractivity (Wildman–Crippen MR) is 137 cm³/mol. The van der Waals surface area contributed by atoms with Crippen LogP contribution in [0.3, 0.4) is 0 Å². The zero-order chi connectivity index (χ0) is 26.2. The van der Waals surface area contributed by atoms with Crippen molar-refractivity contribution < 1.29 is 24.9 Å². The molecule has 3 N–H and O–H groups in total. The summed E-state index contributed by atoms with van der Waals surface area (Å²) < 4.78 is 0. The quantitative estimate of drug-likeness (QED) is 0.375. The van der Waals surface area contributed by atoms with E-state index in [4.69, 9.17) is 0 Å². The smallest absolute Gasteiger partial charge is 0.310 e. The van der Waals surface area contributed by atoms with Crippen LogP contribution in [0.25, 0.3) is 0 Å². The van der Waals surface area contributed by atoms with Gasteiger partial charge in [-0.25, -0.2) is 0 Å². The lowest BCUT2D eigenvalue weighted by Gasteiger charge is -2.69. The number of carboxylic acids is 2. The van der Waals surface area contributed by atoms with Gasteiger partial charge in [0.2, 0.25) is 0 Å². The minimum Gasteiger partial charge on any atom is -0.481 e. The Morgan fingerprint density at radius 1 is 1.00 bits per heavy atom. The third-order valence-corrected chi connectivity index (χ3v) is 12.1. The molecule has 0 heterocycles. The Morgan fingerprint density at radius 3 is 2.20 bits per heavy atom.